The van der Waals surface area contributed by atoms with Gasteiger partial charge in [0.15, 0.2) is 0 Å². The highest BCUT2D eigenvalue weighted by molar-refractivity contribution is 7.98. The highest BCUT2D eigenvalue weighted by atomic mass is 32.2. The summed E-state index contributed by atoms with van der Waals surface area (Å²) >= 11 is 1.46. The van der Waals surface area contributed by atoms with Gasteiger partial charge in [-0.3, -0.25) is 4.79 Å². The molecule has 2 aromatic carbocycles. The Balaban J connectivity index is 1.47. The molecule has 2 aromatic heterocycles. The SMILES string of the molecule is CSc1nc2nc(C)c(CC(=O)NCc3ccccc3Oc3ccccc3)c(C)n2n1. The number of carbonyl (C=O) groups excluding carboxylic acids is 1. The van der Waals surface area contributed by atoms with Crippen LogP contribution in [0.25, 0.3) is 5.78 Å². The summed E-state index contributed by atoms with van der Waals surface area (Å²) in [5.74, 6) is 1.93. The van der Waals surface area contributed by atoms with Gasteiger partial charge >= 0.3 is 0 Å². The van der Waals surface area contributed by atoms with Gasteiger partial charge in [0.1, 0.15) is 11.5 Å². The summed E-state index contributed by atoms with van der Waals surface area (Å²) in [5.41, 5.74) is 3.42. The van der Waals surface area contributed by atoms with Crippen LogP contribution >= 0.6 is 11.8 Å². The Hall–Kier alpha value is -3.39. The first-order valence-electron chi connectivity index (χ1n) is 9.89. The largest absolute Gasteiger partial charge is 0.457 e. The predicted molar refractivity (Wildman–Crippen MR) is 121 cm³/mol. The maximum absolute atomic E-state index is 12.7. The van der Waals surface area contributed by atoms with Crippen molar-refractivity contribution >= 4 is 23.4 Å². The van der Waals surface area contributed by atoms with Crippen LogP contribution in [0, 0.1) is 13.8 Å². The number of hydrogen-bond acceptors (Lipinski definition) is 6. The number of nitrogens with one attached hydrogen (secondary N) is 1. The number of aromatic nitrogens is 4. The van der Waals surface area contributed by atoms with Crippen molar-refractivity contribution < 1.29 is 9.53 Å². The standard InChI is InChI=1S/C23H23N5O2S/c1-15-19(16(2)28-22(25-15)26-23(27-28)31-3)13-21(29)24-14-17-9-7-8-12-20(17)30-18-10-5-4-6-11-18/h4-12H,13-14H2,1-3H3,(H,24,29). The molecule has 2 heterocycles. The van der Waals surface area contributed by atoms with Crippen LogP contribution in [0.15, 0.2) is 59.8 Å². The third-order valence-corrected chi connectivity index (χ3v) is 5.51. The summed E-state index contributed by atoms with van der Waals surface area (Å²) in [4.78, 5) is 21.6. The van der Waals surface area contributed by atoms with E-state index >= 15 is 0 Å². The van der Waals surface area contributed by atoms with E-state index in [4.69, 9.17) is 4.74 Å². The highest BCUT2D eigenvalue weighted by Gasteiger charge is 2.16. The van der Waals surface area contributed by atoms with Gasteiger partial charge in [0, 0.05) is 29.1 Å². The number of rotatable bonds is 7. The summed E-state index contributed by atoms with van der Waals surface area (Å²) in [6.07, 6.45) is 2.14. The molecule has 0 aliphatic heterocycles. The molecule has 0 radical (unpaired) electrons. The zero-order chi connectivity index (χ0) is 21.8. The van der Waals surface area contributed by atoms with Crippen molar-refractivity contribution in [2.45, 2.75) is 32.0 Å². The van der Waals surface area contributed by atoms with Crippen molar-refractivity contribution in [2.75, 3.05) is 6.26 Å². The van der Waals surface area contributed by atoms with Gasteiger partial charge in [0.2, 0.25) is 11.1 Å². The predicted octanol–water partition coefficient (Wildman–Crippen LogP) is 4.11. The zero-order valence-corrected chi connectivity index (χ0v) is 18.4. The van der Waals surface area contributed by atoms with Crippen molar-refractivity contribution in [1.29, 1.82) is 0 Å². The van der Waals surface area contributed by atoms with Crippen molar-refractivity contribution in [2.24, 2.45) is 0 Å². The lowest BCUT2D eigenvalue weighted by molar-refractivity contribution is -0.120. The number of aryl methyl sites for hydroxylation is 2. The molecular weight excluding hydrogens is 410 g/mol. The molecule has 4 rings (SSSR count). The number of benzene rings is 2. The molecule has 0 atom stereocenters. The van der Waals surface area contributed by atoms with Crippen molar-refractivity contribution in [3.8, 4) is 11.5 Å². The lowest BCUT2D eigenvalue weighted by atomic mass is 10.1. The molecule has 0 aliphatic rings. The molecule has 8 heteroatoms. The first-order chi connectivity index (χ1) is 15.0. The molecule has 4 aromatic rings. The fourth-order valence-corrected chi connectivity index (χ4v) is 3.65. The Bertz CT molecular complexity index is 1220. The lowest BCUT2D eigenvalue weighted by Crippen LogP contribution is -2.26. The van der Waals surface area contributed by atoms with Gasteiger partial charge in [-0.05, 0) is 38.3 Å². The summed E-state index contributed by atoms with van der Waals surface area (Å²) in [5, 5.41) is 8.10. The Morgan fingerprint density at radius 1 is 1.06 bits per heavy atom. The van der Waals surface area contributed by atoms with Crippen LogP contribution < -0.4 is 10.1 Å². The smallest absolute Gasteiger partial charge is 0.253 e. The summed E-state index contributed by atoms with van der Waals surface area (Å²) in [6, 6.07) is 17.3. The quantitative estimate of drug-likeness (QED) is 0.442. The normalized spacial score (nSPS) is 10.9. The van der Waals surface area contributed by atoms with E-state index in [1.165, 1.54) is 11.8 Å². The molecule has 0 bridgehead atoms. The summed E-state index contributed by atoms with van der Waals surface area (Å²) in [7, 11) is 0. The van der Waals surface area contributed by atoms with Crippen LogP contribution in [-0.4, -0.2) is 31.7 Å². The van der Waals surface area contributed by atoms with E-state index in [0.29, 0.717) is 17.5 Å². The van der Waals surface area contributed by atoms with E-state index in [9.17, 15) is 4.79 Å². The summed E-state index contributed by atoms with van der Waals surface area (Å²) in [6.45, 7) is 4.20. The number of amides is 1. The molecule has 31 heavy (non-hydrogen) atoms. The highest BCUT2D eigenvalue weighted by Crippen LogP contribution is 2.25. The van der Waals surface area contributed by atoms with E-state index < -0.39 is 0 Å². The lowest BCUT2D eigenvalue weighted by Gasteiger charge is -2.13. The fraction of sp³-hybridized carbons (Fsp3) is 0.217. The molecular formula is C23H23N5O2S. The third-order valence-electron chi connectivity index (χ3n) is 4.97. The van der Waals surface area contributed by atoms with Gasteiger partial charge < -0.3 is 10.1 Å². The molecule has 158 valence electrons. The number of carbonyl (C=O) groups is 1. The Kier molecular flexibility index (Phi) is 6.18. The maximum Gasteiger partial charge on any atom is 0.253 e. The topological polar surface area (TPSA) is 81.4 Å². The zero-order valence-electron chi connectivity index (χ0n) is 17.6. The van der Waals surface area contributed by atoms with E-state index in [2.05, 4.69) is 20.4 Å². The Morgan fingerprint density at radius 2 is 1.81 bits per heavy atom. The fourth-order valence-electron chi connectivity index (χ4n) is 3.31. The van der Waals surface area contributed by atoms with Crippen LogP contribution in [0.3, 0.4) is 0 Å². The average Bonchev–Trinajstić information content (AvgIpc) is 3.20. The van der Waals surface area contributed by atoms with Gasteiger partial charge in [0.05, 0.1) is 6.42 Å². The Labute approximate surface area is 184 Å². The van der Waals surface area contributed by atoms with E-state index in [1.807, 2.05) is 74.7 Å². The van der Waals surface area contributed by atoms with E-state index in [0.717, 1.165) is 34.0 Å². The molecule has 0 fully saturated rings. The van der Waals surface area contributed by atoms with Crippen molar-refractivity contribution in [3.63, 3.8) is 0 Å². The Morgan fingerprint density at radius 3 is 2.58 bits per heavy atom. The molecule has 1 amide bonds. The minimum atomic E-state index is -0.0907. The number of thioether (sulfide) groups is 1. The minimum Gasteiger partial charge on any atom is -0.457 e. The van der Waals surface area contributed by atoms with Gasteiger partial charge in [0.25, 0.3) is 5.78 Å². The second-order valence-corrected chi connectivity index (χ2v) is 7.82. The van der Waals surface area contributed by atoms with Crippen LogP contribution in [-0.2, 0) is 17.8 Å². The van der Waals surface area contributed by atoms with Crippen molar-refractivity contribution in [3.05, 3.63) is 77.1 Å². The van der Waals surface area contributed by atoms with Crippen LogP contribution in [0.5, 0.6) is 11.5 Å². The first-order valence-corrected chi connectivity index (χ1v) is 11.1. The monoisotopic (exact) mass is 433 g/mol. The van der Waals surface area contributed by atoms with E-state index in [1.54, 1.807) is 4.52 Å². The maximum atomic E-state index is 12.7. The molecule has 7 nitrogen and oxygen atoms in total. The first kappa shape index (κ1) is 20.9. The van der Waals surface area contributed by atoms with Gasteiger partial charge in [-0.1, -0.05) is 48.2 Å². The third kappa shape index (κ3) is 4.69. The van der Waals surface area contributed by atoms with Gasteiger partial charge in [-0.2, -0.15) is 4.98 Å². The minimum absolute atomic E-state index is 0.0907. The number of ether oxygens (including phenoxy) is 1. The molecule has 0 aliphatic carbocycles. The van der Waals surface area contributed by atoms with Gasteiger partial charge in [-0.25, -0.2) is 9.50 Å². The summed E-state index contributed by atoms with van der Waals surface area (Å²) < 4.78 is 7.68. The van der Waals surface area contributed by atoms with E-state index in [-0.39, 0.29) is 12.3 Å². The molecule has 0 saturated carbocycles. The van der Waals surface area contributed by atoms with Crippen LogP contribution in [0.4, 0.5) is 0 Å². The molecule has 1 N–H and O–H groups in total. The second-order valence-electron chi connectivity index (χ2n) is 7.05. The molecule has 0 unspecified atom stereocenters. The number of para-hydroxylation sites is 2. The number of hydrogen-bond donors (Lipinski definition) is 1. The van der Waals surface area contributed by atoms with Crippen LogP contribution in [0.2, 0.25) is 0 Å². The molecule has 0 saturated heterocycles. The van der Waals surface area contributed by atoms with Crippen LogP contribution in [0.1, 0.15) is 22.5 Å². The van der Waals surface area contributed by atoms with Gasteiger partial charge in [-0.15, -0.1) is 5.10 Å². The second kappa shape index (κ2) is 9.18. The average molecular weight is 434 g/mol. The van der Waals surface area contributed by atoms with Crippen molar-refractivity contribution in [1.82, 2.24) is 24.9 Å². The number of nitrogens with zero attached hydrogens (tertiary/aromatic N) is 4. The number of fused-ring (bicyclic) bond motifs is 1. The molecule has 0 spiro atoms.